The SMILES string of the molecule is CC.Cc1ccc(CCN2C(=O)CN(C)C2c2ccc(OCc3ccccn3)cc2)cc1. The van der Waals surface area contributed by atoms with Crippen LogP contribution in [-0.4, -0.2) is 40.8 Å². The third-order valence-corrected chi connectivity index (χ3v) is 5.47. The maximum Gasteiger partial charge on any atom is 0.238 e. The van der Waals surface area contributed by atoms with Crippen LogP contribution in [-0.2, 0) is 17.8 Å². The molecule has 1 fully saturated rings. The molecule has 0 aliphatic carbocycles. The van der Waals surface area contributed by atoms with Gasteiger partial charge in [0.05, 0.1) is 12.2 Å². The molecule has 1 saturated heterocycles. The lowest BCUT2D eigenvalue weighted by Gasteiger charge is -2.28. The van der Waals surface area contributed by atoms with Gasteiger partial charge >= 0.3 is 0 Å². The Balaban J connectivity index is 0.00000141. The van der Waals surface area contributed by atoms with Crippen molar-refractivity contribution in [1.29, 1.82) is 0 Å². The molecular formula is C27H33N3O2. The molecule has 2 aromatic carbocycles. The van der Waals surface area contributed by atoms with E-state index in [2.05, 4.69) is 41.1 Å². The zero-order chi connectivity index (χ0) is 22.9. The van der Waals surface area contributed by atoms with Gasteiger partial charge in [0.1, 0.15) is 18.5 Å². The Morgan fingerprint density at radius 1 is 1.00 bits per heavy atom. The summed E-state index contributed by atoms with van der Waals surface area (Å²) in [6, 6.07) is 22.3. The summed E-state index contributed by atoms with van der Waals surface area (Å²) < 4.78 is 5.84. The molecule has 0 radical (unpaired) electrons. The second-order valence-electron chi connectivity index (χ2n) is 7.79. The summed E-state index contributed by atoms with van der Waals surface area (Å²) in [5, 5.41) is 0. The number of carbonyl (C=O) groups excluding carboxylic acids is 1. The summed E-state index contributed by atoms with van der Waals surface area (Å²) in [6.45, 7) is 7.67. The van der Waals surface area contributed by atoms with Crippen molar-refractivity contribution in [2.45, 2.75) is 40.0 Å². The van der Waals surface area contributed by atoms with Crippen LogP contribution in [0.25, 0.3) is 0 Å². The molecule has 0 bridgehead atoms. The van der Waals surface area contributed by atoms with Crippen molar-refractivity contribution in [3.8, 4) is 5.75 Å². The maximum atomic E-state index is 12.6. The lowest BCUT2D eigenvalue weighted by Crippen LogP contribution is -2.32. The summed E-state index contributed by atoms with van der Waals surface area (Å²) in [4.78, 5) is 21.0. The molecule has 0 saturated carbocycles. The third kappa shape index (κ3) is 5.95. The number of pyridine rings is 1. The molecule has 3 aromatic rings. The van der Waals surface area contributed by atoms with Crippen LogP contribution in [0.2, 0.25) is 0 Å². The summed E-state index contributed by atoms with van der Waals surface area (Å²) in [5.41, 5.74) is 4.49. The molecule has 1 aliphatic rings. The first-order valence-corrected chi connectivity index (χ1v) is 11.3. The maximum absolute atomic E-state index is 12.6. The summed E-state index contributed by atoms with van der Waals surface area (Å²) in [6.07, 6.45) is 2.56. The van der Waals surface area contributed by atoms with E-state index in [1.807, 2.05) is 68.3 Å². The van der Waals surface area contributed by atoms with E-state index in [1.54, 1.807) is 6.20 Å². The molecule has 168 valence electrons. The van der Waals surface area contributed by atoms with E-state index >= 15 is 0 Å². The van der Waals surface area contributed by atoms with E-state index in [1.165, 1.54) is 11.1 Å². The van der Waals surface area contributed by atoms with E-state index in [9.17, 15) is 4.79 Å². The second-order valence-corrected chi connectivity index (χ2v) is 7.79. The van der Waals surface area contributed by atoms with E-state index < -0.39 is 0 Å². The van der Waals surface area contributed by atoms with Crippen LogP contribution in [0.5, 0.6) is 5.75 Å². The summed E-state index contributed by atoms with van der Waals surface area (Å²) in [5.74, 6) is 0.965. The molecule has 1 aromatic heterocycles. The number of benzene rings is 2. The zero-order valence-corrected chi connectivity index (χ0v) is 19.5. The van der Waals surface area contributed by atoms with Gasteiger partial charge in [-0.15, -0.1) is 0 Å². The van der Waals surface area contributed by atoms with Gasteiger partial charge in [-0.25, -0.2) is 0 Å². The summed E-state index contributed by atoms with van der Waals surface area (Å²) in [7, 11) is 2.00. The number of aromatic nitrogens is 1. The number of hydrogen-bond donors (Lipinski definition) is 0. The average Bonchev–Trinajstić information content (AvgIpc) is 3.12. The Hall–Kier alpha value is -3.18. The van der Waals surface area contributed by atoms with Gasteiger partial charge in [-0.05, 0) is 55.8 Å². The molecule has 1 unspecified atom stereocenters. The molecule has 0 N–H and O–H groups in total. The smallest absolute Gasteiger partial charge is 0.238 e. The third-order valence-electron chi connectivity index (χ3n) is 5.47. The fourth-order valence-corrected chi connectivity index (χ4v) is 3.83. The van der Waals surface area contributed by atoms with Crippen molar-refractivity contribution in [3.63, 3.8) is 0 Å². The van der Waals surface area contributed by atoms with Gasteiger partial charge in [-0.2, -0.15) is 0 Å². The Labute approximate surface area is 191 Å². The number of hydrogen-bond acceptors (Lipinski definition) is 4. The predicted molar refractivity (Wildman–Crippen MR) is 128 cm³/mol. The molecule has 0 spiro atoms. The molecular weight excluding hydrogens is 398 g/mol. The normalized spacial score (nSPS) is 15.9. The minimum absolute atomic E-state index is 0.0483. The van der Waals surface area contributed by atoms with Crippen molar-refractivity contribution in [2.24, 2.45) is 0 Å². The Morgan fingerprint density at radius 3 is 2.38 bits per heavy atom. The number of ether oxygens (including phenoxy) is 1. The molecule has 2 heterocycles. The summed E-state index contributed by atoms with van der Waals surface area (Å²) >= 11 is 0. The highest BCUT2D eigenvalue weighted by Gasteiger charge is 2.36. The van der Waals surface area contributed by atoms with Crippen molar-refractivity contribution in [2.75, 3.05) is 20.1 Å². The van der Waals surface area contributed by atoms with E-state index in [4.69, 9.17) is 4.74 Å². The monoisotopic (exact) mass is 431 g/mol. The van der Waals surface area contributed by atoms with Gasteiger partial charge in [-0.3, -0.25) is 14.7 Å². The van der Waals surface area contributed by atoms with Crippen LogP contribution in [0.3, 0.4) is 0 Å². The Morgan fingerprint density at radius 2 is 1.72 bits per heavy atom. The number of carbonyl (C=O) groups is 1. The van der Waals surface area contributed by atoms with Crippen molar-refractivity contribution in [1.82, 2.24) is 14.8 Å². The van der Waals surface area contributed by atoms with Crippen molar-refractivity contribution >= 4 is 5.91 Å². The standard InChI is InChI=1S/C25H27N3O2.C2H6/c1-19-6-8-20(9-7-19)14-16-28-24(29)17-27(2)25(28)21-10-12-23(13-11-21)30-18-22-5-3-4-15-26-22;1-2/h3-13,15,25H,14,16-18H2,1-2H3;1-2H3. The lowest BCUT2D eigenvalue weighted by atomic mass is 10.1. The molecule has 5 nitrogen and oxygen atoms in total. The first-order chi connectivity index (χ1) is 15.6. The number of aryl methyl sites for hydroxylation is 1. The first-order valence-electron chi connectivity index (χ1n) is 11.3. The minimum atomic E-state index is -0.0483. The topological polar surface area (TPSA) is 45.7 Å². The molecule has 1 amide bonds. The number of likely N-dealkylation sites (N-methyl/N-ethyl adjacent to an activating group) is 1. The molecule has 32 heavy (non-hydrogen) atoms. The predicted octanol–water partition coefficient (Wildman–Crippen LogP) is 5.01. The van der Waals surface area contributed by atoms with E-state index in [-0.39, 0.29) is 12.1 Å². The highest BCUT2D eigenvalue weighted by atomic mass is 16.5. The van der Waals surface area contributed by atoms with Crippen LogP contribution in [0.4, 0.5) is 0 Å². The van der Waals surface area contributed by atoms with E-state index in [0.29, 0.717) is 19.7 Å². The van der Waals surface area contributed by atoms with Crippen molar-refractivity contribution in [3.05, 3.63) is 95.3 Å². The average molecular weight is 432 g/mol. The van der Waals surface area contributed by atoms with Gasteiger partial charge in [-0.1, -0.05) is 61.9 Å². The highest BCUT2D eigenvalue weighted by Crippen LogP contribution is 2.30. The number of rotatable bonds is 7. The highest BCUT2D eigenvalue weighted by molar-refractivity contribution is 5.81. The number of nitrogens with zero attached hydrogens (tertiary/aromatic N) is 3. The molecule has 1 aliphatic heterocycles. The van der Waals surface area contributed by atoms with Crippen LogP contribution in [0, 0.1) is 6.92 Å². The minimum Gasteiger partial charge on any atom is -0.487 e. The Kier molecular flexibility index (Phi) is 8.40. The van der Waals surface area contributed by atoms with Gasteiger partial charge in [0.25, 0.3) is 0 Å². The van der Waals surface area contributed by atoms with Crippen LogP contribution >= 0.6 is 0 Å². The first kappa shape index (κ1) is 23.5. The lowest BCUT2D eigenvalue weighted by molar-refractivity contribution is -0.128. The fraction of sp³-hybridized carbons (Fsp3) is 0.333. The fourth-order valence-electron chi connectivity index (χ4n) is 3.83. The van der Waals surface area contributed by atoms with Gasteiger partial charge in [0.15, 0.2) is 0 Å². The van der Waals surface area contributed by atoms with Crippen LogP contribution in [0.15, 0.2) is 72.9 Å². The molecule has 1 atom stereocenters. The van der Waals surface area contributed by atoms with Crippen LogP contribution in [0.1, 0.15) is 42.4 Å². The van der Waals surface area contributed by atoms with Crippen molar-refractivity contribution < 1.29 is 9.53 Å². The Bertz CT molecular complexity index is 972. The van der Waals surface area contributed by atoms with E-state index in [0.717, 1.165) is 23.4 Å². The molecule has 5 heteroatoms. The van der Waals surface area contributed by atoms with Gasteiger partial charge in [0.2, 0.25) is 5.91 Å². The zero-order valence-electron chi connectivity index (χ0n) is 19.5. The van der Waals surface area contributed by atoms with Gasteiger partial charge < -0.3 is 9.64 Å². The molecule has 4 rings (SSSR count). The second kappa shape index (κ2) is 11.4. The number of amides is 1. The van der Waals surface area contributed by atoms with Crippen LogP contribution < -0.4 is 4.74 Å². The van der Waals surface area contributed by atoms with Gasteiger partial charge in [0, 0.05) is 12.7 Å². The largest absolute Gasteiger partial charge is 0.487 e. The quantitative estimate of drug-likeness (QED) is 0.528.